The summed E-state index contributed by atoms with van der Waals surface area (Å²) in [6.45, 7) is 7.25. The van der Waals surface area contributed by atoms with E-state index in [1.165, 1.54) is 4.70 Å². The molecule has 22 heavy (non-hydrogen) atoms. The van der Waals surface area contributed by atoms with Crippen molar-refractivity contribution in [1.29, 1.82) is 0 Å². The summed E-state index contributed by atoms with van der Waals surface area (Å²) in [5.41, 5.74) is 2.12. The van der Waals surface area contributed by atoms with E-state index in [2.05, 4.69) is 33.6 Å². The highest BCUT2D eigenvalue weighted by Crippen LogP contribution is 2.36. The van der Waals surface area contributed by atoms with Gasteiger partial charge in [0.15, 0.2) is 5.13 Å². The molecule has 1 aliphatic rings. The molecule has 3 aromatic rings. The third kappa shape index (κ3) is 2.29. The van der Waals surface area contributed by atoms with Crippen LogP contribution in [0.15, 0.2) is 24.5 Å². The molecule has 0 spiro atoms. The van der Waals surface area contributed by atoms with Crippen molar-refractivity contribution in [2.75, 3.05) is 18.0 Å². The van der Waals surface area contributed by atoms with Crippen molar-refractivity contribution in [3.63, 3.8) is 0 Å². The second kappa shape index (κ2) is 5.25. The molecule has 0 atom stereocenters. The highest BCUT2D eigenvalue weighted by atomic mass is 35.5. The minimum atomic E-state index is 0.671. The van der Waals surface area contributed by atoms with Gasteiger partial charge in [0.2, 0.25) is 0 Å². The van der Waals surface area contributed by atoms with Crippen molar-refractivity contribution in [3.8, 4) is 0 Å². The Morgan fingerprint density at radius 1 is 1.32 bits per heavy atom. The molecule has 0 radical (unpaired) electrons. The second-order valence-corrected chi connectivity index (χ2v) is 7.33. The highest BCUT2D eigenvalue weighted by molar-refractivity contribution is 7.22. The van der Waals surface area contributed by atoms with Crippen LogP contribution in [0, 0.1) is 19.8 Å². The van der Waals surface area contributed by atoms with Crippen LogP contribution in [0.25, 0.3) is 10.2 Å². The molecule has 1 aliphatic heterocycles. The van der Waals surface area contributed by atoms with Gasteiger partial charge in [-0.3, -0.25) is 0 Å². The van der Waals surface area contributed by atoms with Crippen molar-refractivity contribution in [1.82, 2.24) is 14.5 Å². The first-order chi connectivity index (χ1) is 10.6. The molecule has 0 saturated carbocycles. The Balaban J connectivity index is 1.49. The normalized spacial score (nSPS) is 15.5. The van der Waals surface area contributed by atoms with Gasteiger partial charge in [-0.1, -0.05) is 22.9 Å². The highest BCUT2D eigenvalue weighted by Gasteiger charge is 2.29. The lowest BCUT2D eigenvalue weighted by Gasteiger charge is -2.39. The molecule has 1 saturated heterocycles. The van der Waals surface area contributed by atoms with E-state index in [9.17, 15) is 0 Å². The Bertz CT molecular complexity index is 832. The fourth-order valence-electron chi connectivity index (χ4n) is 2.94. The Hall–Kier alpha value is -1.59. The molecule has 114 valence electrons. The number of rotatable bonds is 3. The first-order valence-electron chi connectivity index (χ1n) is 7.40. The number of aryl methyl sites for hydroxylation is 2. The standard InChI is InChI=1S/C16H17ClN4S/c1-10-13(17)3-4-14-15(10)19-16(22-14)21-8-12(9-21)7-20-6-5-18-11(20)2/h3-6,12H,7-9H2,1-2H3. The van der Waals surface area contributed by atoms with Crippen LogP contribution in [0.4, 0.5) is 5.13 Å². The summed E-state index contributed by atoms with van der Waals surface area (Å²) < 4.78 is 3.44. The zero-order valence-electron chi connectivity index (χ0n) is 12.6. The van der Waals surface area contributed by atoms with Crippen LogP contribution in [-0.2, 0) is 6.54 Å². The first kappa shape index (κ1) is 14.0. The molecule has 3 heterocycles. The average molecular weight is 333 g/mol. The quantitative estimate of drug-likeness (QED) is 0.729. The molecule has 1 fully saturated rings. The van der Waals surface area contributed by atoms with Crippen LogP contribution in [0.1, 0.15) is 11.4 Å². The average Bonchev–Trinajstić information content (AvgIpc) is 3.05. The first-order valence-corrected chi connectivity index (χ1v) is 8.59. The van der Waals surface area contributed by atoms with Gasteiger partial charge in [-0.2, -0.15) is 0 Å². The maximum absolute atomic E-state index is 6.18. The van der Waals surface area contributed by atoms with E-state index >= 15 is 0 Å². The van der Waals surface area contributed by atoms with Gasteiger partial charge < -0.3 is 9.47 Å². The number of nitrogens with zero attached hydrogens (tertiary/aromatic N) is 4. The Morgan fingerprint density at radius 3 is 2.86 bits per heavy atom. The smallest absolute Gasteiger partial charge is 0.186 e. The van der Waals surface area contributed by atoms with Crippen molar-refractivity contribution in [3.05, 3.63) is 40.9 Å². The van der Waals surface area contributed by atoms with Gasteiger partial charge in [0.05, 0.1) is 10.2 Å². The van der Waals surface area contributed by atoms with E-state index in [4.69, 9.17) is 16.6 Å². The summed E-state index contributed by atoms with van der Waals surface area (Å²) in [5.74, 6) is 1.76. The van der Waals surface area contributed by atoms with Crippen LogP contribution in [0.2, 0.25) is 5.02 Å². The van der Waals surface area contributed by atoms with Crippen molar-refractivity contribution < 1.29 is 0 Å². The summed E-state index contributed by atoms with van der Waals surface area (Å²) in [5, 5.41) is 1.90. The number of fused-ring (bicyclic) bond motifs is 1. The summed E-state index contributed by atoms with van der Waals surface area (Å²) in [6.07, 6.45) is 3.92. The van der Waals surface area contributed by atoms with E-state index in [0.29, 0.717) is 5.92 Å². The number of hydrogen-bond acceptors (Lipinski definition) is 4. The van der Waals surface area contributed by atoms with Gasteiger partial charge in [0.1, 0.15) is 5.82 Å². The van der Waals surface area contributed by atoms with Gasteiger partial charge in [0, 0.05) is 43.0 Å². The second-order valence-electron chi connectivity index (χ2n) is 5.91. The maximum atomic E-state index is 6.18. The van der Waals surface area contributed by atoms with Crippen molar-refractivity contribution >= 4 is 38.3 Å². The molecule has 2 aromatic heterocycles. The lowest BCUT2D eigenvalue weighted by Crippen LogP contribution is -2.48. The topological polar surface area (TPSA) is 34.0 Å². The molecule has 0 amide bonds. The molecule has 0 unspecified atom stereocenters. The number of imidazole rings is 1. The number of anilines is 1. The van der Waals surface area contributed by atoms with Gasteiger partial charge >= 0.3 is 0 Å². The van der Waals surface area contributed by atoms with E-state index in [0.717, 1.165) is 46.7 Å². The molecular formula is C16H17ClN4S. The molecular weight excluding hydrogens is 316 g/mol. The lowest BCUT2D eigenvalue weighted by atomic mass is 10.0. The molecule has 6 heteroatoms. The number of aromatic nitrogens is 3. The van der Waals surface area contributed by atoms with Gasteiger partial charge in [-0.15, -0.1) is 0 Å². The lowest BCUT2D eigenvalue weighted by molar-refractivity contribution is 0.354. The Labute approximate surface area is 138 Å². The van der Waals surface area contributed by atoms with E-state index in [1.807, 2.05) is 19.2 Å². The van der Waals surface area contributed by atoms with Crippen LogP contribution < -0.4 is 4.90 Å². The minimum Gasteiger partial charge on any atom is -0.347 e. The number of halogens is 1. The maximum Gasteiger partial charge on any atom is 0.186 e. The SMILES string of the molecule is Cc1c(Cl)ccc2sc(N3CC(Cn4ccnc4C)C3)nc12. The molecule has 1 aromatic carbocycles. The van der Waals surface area contributed by atoms with Gasteiger partial charge in [0.25, 0.3) is 0 Å². The summed E-state index contributed by atoms with van der Waals surface area (Å²) in [7, 11) is 0. The van der Waals surface area contributed by atoms with Gasteiger partial charge in [-0.05, 0) is 31.5 Å². The summed E-state index contributed by atoms with van der Waals surface area (Å²) >= 11 is 7.94. The Kier molecular flexibility index (Phi) is 3.35. The fourth-order valence-corrected chi connectivity index (χ4v) is 4.14. The fraction of sp³-hybridized carbons (Fsp3) is 0.375. The number of thiazole rings is 1. The number of benzene rings is 1. The van der Waals surface area contributed by atoms with Crippen molar-refractivity contribution in [2.45, 2.75) is 20.4 Å². The van der Waals surface area contributed by atoms with Crippen LogP contribution in [-0.4, -0.2) is 27.6 Å². The third-order valence-corrected chi connectivity index (χ3v) is 5.83. The molecule has 0 bridgehead atoms. The third-order valence-electron chi connectivity index (χ3n) is 4.34. The monoisotopic (exact) mass is 332 g/mol. The number of hydrogen-bond donors (Lipinski definition) is 0. The zero-order valence-corrected chi connectivity index (χ0v) is 14.2. The van der Waals surface area contributed by atoms with E-state index in [-0.39, 0.29) is 0 Å². The van der Waals surface area contributed by atoms with Crippen LogP contribution in [0.5, 0.6) is 0 Å². The van der Waals surface area contributed by atoms with Gasteiger partial charge in [-0.25, -0.2) is 9.97 Å². The van der Waals surface area contributed by atoms with Crippen molar-refractivity contribution in [2.24, 2.45) is 5.92 Å². The molecule has 4 nitrogen and oxygen atoms in total. The van der Waals surface area contributed by atoms with Crippen LogP contribution >= 0.6 is 22.9 Å². The minimum absolute atomic E-state index is 0.671. The van der Waals surface area contributed by atoms with E-state index in [1.54, 1.807) is 11.3 Å². The zero-order chi connectivity index (χ0) is 15.3. The Morgan fingerprint density at radius 2 is 2.14 bits per heavy atom. The largest absolute Gasteiger partial charge is 0.347 e. The molecule has 0 aliphatic carbocycles. The summed E-state index contributed by atoms with van der Waals surface area (Å²) in [6, 6.07) is 4.03. The summed E-state index contributed by atoms with van der Waals surface area (Å²) in [4.78, 5) is 11.4. The van der Waals surface area contributed by atoms with E-state index < -0.39 is 0 Å². The predicted molar refractivity (Wildman–Crippen MR) is 92.0 cm³/mol. The van der Waals surface area contributed by atoms with Crippen LogP contribution in [0.3, 0.4) is 0 Å². The molecule has 0 N–H and O–H groups in total. The predicted octanol–water partition coefficient (Wildman–Crippen LogP) is 3.90. The molecule has 4 rings (SSSR count).